The minimum absolute atomic E-state index is 0.000280. The molecule has 5 rings (SSSR count). The fourth-order valence-electron chi connectivity index (χ4n) is 4.60. The van der Waals surface area contributed by atoms with Crippen molar-refractivity contribution in [3.8, 4) is 0 Å². The van der Waals surface area contributed by atoms with E-state index in [2.05, 4.69) is 20.0 Å². The first-order chi connectivity index (χ1) is 15.3. The number of fused-ring (bicyclic) bond motifs is 1. The van der Waals surface area contributed by atoms with E-state index in [0.29, 0.717) is 10.8 Å². The van der Waals surface area contributed by atoms with Crippen LogP contribution in [0.4, 0.5) is 19.0 Å². The highest BCUT2D eigenvalue weighted by molar-refractivity contribution is 7.99. The van der Waals surface area contributed by atoms with Gasteiger partial charge in [0.1, 0.15) is 10.8 Å². The van der Waals surface area contributed by atoms with Crippen molar-refractivity contribution in [2.45, 2.75) is 41.5 Å². The third-order valence-electron chi connectivity index (χ3n) is 6.36. The Hall–Kier alpha value is -2.30. The minimum Gasteiger partial charge on any atom is -0.355 e. The second kappa shape index (κ2) is 7.93. The van der Waals surface area contributed by atoms with Crippen LogP contribution in [0, 0.1) is 5.41 Å². The molecule has 6 nitrogen and oxygen atoms in total. The number of benzene rings is 1. The van der Waals surface area contributed by atoms with Crippen molar-refractivity contribution < 1.29 is 13.2 Å². The standard InChI is InChI=1S/C21H20ClF3N6S/c22-13-2-1-3-15(18(13)21(23,24)25)32-17-11-27-16(10-28-17)30-8-5-20(6-9-30)12-31-14(19(20)26)4-7-29-31/h1-4,7,10-11,19H,5-6,8-9,12,26H2/t19-/m1/s1. The van der Waals surface area contributed by atoms with E-state index in [-0.39, 0.29) is 21.4 Å². The number of nitrogens with two attached hydrogens (primary N) is 1. The van der Waals surface area contributed by atoms with Gasteiger partial charge in [-0.1, -0.05) is 29.4 Å². The summed E-state index contributed by atoms with van der Waals surface area (Å²) in [5.41, 5.74) is 6.76. The average molecular weight is 481 g/mol. The van der Waals surface area contributed by atoms with Crippen LogP contribution in [0.5, 0.6) is 0 Å². The highest BCUT2D eigenvalue weighted by atomic mass is 35.5. The second-order valence-corrected chi connectivity index (χ2v) is 9.64. The zero-order valence-electron chi connectivity index (χ0n) is 16.9. The Morgan fingerprint density at radius 3 is 2.56 bits per heavy atom. The number of anilines is 1. The lowest BCUT2D eigenvalue weighted by molar-refractivity contribution is -0.139. The van der Waals surface area contributed by atoms with Crippen LogP contribution in [-0.2, 0) is 12.7 Å². The molecule has 3 aromatic rings. The molecule has 0 amide bonds. The molecule has 0 radical (unpaired) electrons. The normalized spacial score (nSPS) is 20.0. The highest BCUT2D eigenvalue weighted by Gasteiger charge is 2.47. The van der Waals surface area contributed by atoms with Crippen LogP contribution in [0.15, 0.2) is 52.8 Å². The van der Waals surface area contributed by atoms with Crippen LogP contribution in [0.3, 0.4) is 0 Å². The Bertz CT molecular complexity index is 1130. The summed E-state index contributed by atoms with van der Waals surface area (Å²) in [6, 6.07) is 6.06. The number of aromatic nitrogens is 4. The second-order valence-electron chi connectivity index (χ2n) is 8.17. The van der Waals surface area contributed by atoms with Crippen LogP contribution >= 0.6 is 23.4 Å². The highest BCUT2D eigenvalue weighted by Crippen LogP contribution is 2.48. The van der Waals surface area contributed by atoms with Crippen LogP contribution in [0.25, 0.3) is 0 Å². The van der Waals surface area contributed by atoms with Crippen molar-refractivity contribution in [3.05, 3.63) is 59.1 Å². The van der Waals surface area contributed by atoms with Gasteiger partial charge >= 0.3 is 6.18 Å². The number of halogens is 4. The molecule has 0 aliphatic carbocycles. The largest absolute Gasteiger partial charge is 0.418 e. The van der Waals surface area contributed by atoms with Crippen LogP contribution in [0.1, 0.15) is 30.1 Å². The lowest BCUT2D eigenvalue weighted by Crippen LogP contribution is -2.45. The number of hydrogen-bond donors (Lipinski definition) is 1. The van der Waals surface area contributed by atoms with Crippen LogP contribution in [-0.4, -0.2) is 32.8 Å². The molecule has 2 aliphatic rings. The maximum atomic E-state index is 13.4. The summed E-state index contributed by atoms with van der Waals surface area (Å²) in [6.07, 6.45) is 2.17. The van der Waals surface area contributed by atoms with Gasteiger partial charge in [0.15, 0.2) is 0 Å². The molecule has 1 atom stereocenters. The molecule has 1 aromatic carbocycles. The van der Waals surface area contributed by atoms with Crippen molar-refractivity contribution >= 4 is 29.2 Å². The number of piperidine rings is 1. The zero-order valence-corrected chi connectivity index (χ0v) is 18.5. The van der Waals surface area contributed by atoms with E-state index < -0.39 is 11.7 Å². The topological polar surface area (TPSA) is 72.9 Å². The summed E-state index contributed by atoms with van der Waals surface area (Å²) in [4.78, 5) is 10.9. The molecule has 1 spiro atoms. The Morgan fingerprint density at radius 1 is 1.12 bits per heavy atom. The monoisotopic (exact) mass is 480 g/mol. The van der Waals surface area contributed by atoms with Gasteiger partial charge in [0, 0.05) is 36.1 Å². The molecule has 168 valence electrons. The molecule has 4 heterocycles. The van der Waals surface area contributed by atoms with E-state index >= 15 is 0 Å². The zero-order chi connectivity index (χ0) is 22.5. The van der Waals surface area contributed by atoms with Gasteiger partial charge in [-0.05, 0) is 31.0 Å². The molecular formula is C21H20ClF3N6S. The van der Waals surface area contributed by atoms with Crippen LogP contribution < -0.4 is 10.6 Å². The van der Waals surface area contributed by atoms with Gasteiger partial charge in [0.25, 0.3) is 0 Å². The lowest BCUT2D eigenvalue weighted by atomic mass is 9.73. The van der Waals surface area contributed by atoms with Crippen molar-refractivity contribution in [2.75, 3.05) is 18.0 Å². The predicted octanol–water partition coefficient (Wildman–Crippen LogP) is 4.80. The predicted molar refractivity (Wildman–Crippen MR) is 116 cm³/mol. The fourth-order valence-corrected chi connectivity index (χ4v) is 5.85. The molecule has 0 saturated carbocycles. The van der Waals surface area contributed by atoms with Gasteiger partial charge in [-0.25, -0.2) is 9.97 Å². The van der Waals surface area contributed by atoms with E-state index in [1.54, 1.807) is 12.4 Å². The quantitative estimate of drug-likeness (QED) is 0.580. The maximum Gasteiger partial charge on any atom is 0.418 e. The third kappa shape index (κ3) is 3.74. The lowest BCUT2D eigenvalue weighted by Gasteiger charge is -2.41. The summed E-state index contributed by atoms with van der Waals surface area (Å²) in [5.74, 6) is 0.704. The summed E-state index contributed by atoms with van der Waals surface area (Å²) >= 11 is 6.70. The Balaban J connectivity index is 1.27. The van der Waals surface area contributed by atoms with E-state index in [9.17, 15) is 13.2 Å². The Kier molecular flexibility index (Phi) is 5.34. The molecule has 2 N–H and O–H groups in total. The summed E-state index contributed by atoms with van der Waals surface area (Å²) in [6.45, 7) is 2.39. The summed E-state index contributed by atoms with van der Waals surface area (Å²) in [5, 5.41) is 4.41. The van der Waals surface area contributed by atoms with Crippen molar-refractivity contribution in [2.24, 2.45) is 11.1 Å². The van der Waals surface area contributed by atoms with Crippen molar-refractivity contribution in [3.63, 3.8) is 0 Å². The van der Waals surface area contributed by atoms with Crippen molar-refractivity contribution in [1.82, 2.24) is 19.7 Å². The number of alkyl halides is 3. The number of hydrogen-bond acceptors (Lipinski definition) is 6. The first kappa shape index (κ1) is 21.5. The van der Waals surface area contributed by atoms with Gasteiger partial charge in [0.2, 0.25) is 0 Å². The average Bonchev–Trinajstić information content (AvgIpc) is 3.30. The molecule has 11 heteroatoms. The first-order valence-corrected chi connectivity index (χ1v) is 11.3. The van der Waals surface area contributed by atoms with E-state index in [1.807, 2.05) is 10.7 Å². The molecule has 2 aromatic heterocycles. The molecule has 1 saturated heterocycles. The minimum atomic E-state index is -4.55. The van der Waals surface area contributed by atoms with E-state index in [0.717, 1.165) is 49.9 Å². The third-order valence-corrected chi connectivity index (χ3v) is 7.66. The van der Waals surface area contributed by atoms with E-state index in [1.165, 1.54) is 24.4 Å². The Labute approximate surface area is 192 Å². The number of nitrogens with zero attached hydrogens (tertiary/aromatic N) is 5. The van der Waals surface area contributed by atoms with E-state index in [4.69, 9.17) is 17.3 Å². The summed E-state index contributed by atoms with van der Waals surface area (Å²) < 4.78 is 42.1. The van der Waals surface area contributed by atoms with Crippen LogP contribution in [0.2, 0.25) is 5.02 Å². The van der Waals surface area contributed by atoms with Gasteiger partial charge in [-0.3, -0.25) is 4.68 Å². The number of rotatable bonds is 3. The fraction of sp³-hybridized carbons (Fsp3) is 0.381. The summed E-state index contributed by atoms with van der Waals surface area (Å²) in [7, 11) is 0. The van der Waals surface area contributed by atoms with Gasteiger partial charge in [0.05, 0.1) is 34.7 Å². The molecule has 0 bridgehead atoms. The maximum absolute atomic E-state index is 13.4. The smallest absolute Gasteiger partial charge is 0.355 e. The Morgan fingerprint density at radius 2 is 1.91 bits per heavy atom. The molecular weight excluding hydrogens is 461 g/mol. The molecule has 0 unspecified atom stereocenters. The van der Waals surface area contributed by atoms with Gasteiger partial charge in [-0.2, -0.15) is 18.3 Å². The molecule has 2 aliphatic heterocycles. The van der Waals surface area contributed by atoms with Crippen molar-refractivity contribution in [1.29, 1.82) is 0 Å². The molecule has 32 heavy (non-hydrogen) atoms. The molecule has 1 fully saturated rings. The first-order valence-electron chi connectivity index (χ1n) is 10.1. The van der Waals surface area contributed by atoms with Gasteiger partial charge < -0.3 is 10.6 Å². The SMILES string of the molecule is N[C@@H]1c2ccnn2CC12CCN(c1cnc(Sc3cccc(Cl)c3C(F)(F)F)cn1)CC2. The van der Waals surface area contributed by atoms with Gasteiger partial charge in [-0.15, -0.1) is 0 Å².